The first-order valence-electron chi connectivity index (χ1n) is 6.48. The van der Waals surface area contributed by atoms with Crippen LogP contribution in [0.15, 0.2) is 28.6 Å². The summed E-state index contributed by atoms with van der Waals surface area (Å²) in [5, 5.41) is 11.9. The van der Waals surface area contributed by atoms with Crippen molar-refractivity contribution in [3.05, 3.63) is 35.4 Å². The number of aromatic nitrogens is 2. The molecule has 0 unspecified atom stereocenters. The molecule has 0 radical (unpaired) electrons. The fourth-order valence-corrected chi connectivity index (χ4v) is 3.22. The van der Waals surface area contributed by atoms with Crippen molar-refractivity contribution in [2.45, 2.75) is 11.3 Å². The number of carbonyl (C=O) groups excluding carboxylic acids is 1. The van der Waals surface area contributed by atoms with Gasteiger partial charge in [-0.3, -0.25) is 4.79 Å². The van der Waals surface area contributed by atoms with Crippen molar-refractivity contribution in [1.82, 2.24) is 10.2 Å². The van der Waals surface area contributed by atoms with Crippen LogP contribution in [-0.4, -0.2) is 42.0 Å². The molecule has 5 nitrogen and oxygen atoms in total. The summed E-state index contributed by atoms with van der Waals surface area (Å²) in [7, 11) is 1.65. The topological polar surface area (TPSA) is 64.1 Å². The lowest BCUT2D eigenvalue weighted by atomic mass is 10.1. The highest BCUT2D eigenvalue weighted by Gasteiger charge is 2.09. The number of ether oxygens (including phenoxy) is 1. The maximum Gasteiger partial charge on any atom is 0.206 e. The van der Waals surface area contributed by atoms with Gasteiger partial charge in [0.1, 0.15) is 0 Å². The van der Waals surface area contributed by atoms with Gasteiger partial charge in [0.15, 0.2) is 10.1 Å². The number of hydrogen-bond donors (Lipinski definition) is 1. The molecule has 0 aliphatic rings. The summed E-state index contributed by atoms with van der Waals surface area (Å²) in [6.07, 6.45) is 0. The summed E-state index contributed by atoms with van der Waals surface area (Å²) in [6.45, 7) is 3.31. The van der Waals surface area contributed by atoms with Gasteiger partial charge in [0.25, 0.3) is 0 Å². The maximum absolute atomic E-state index is 12.1. The second-order valence-corrected chi connectivity index (χ2v) is 6.57. The van der Waals surface area contributed by atoms with Crippen molar-refractivity contribution in [3.63, 3.8) is 0 Å². The smallest absolute Gasteiger partial charge is 0.206 e. The van der Waals surface area contributed by atoms with E-state index in [0.717, 1.165) is 20.6 Å². The Balaban J connectivity index is 1.82. The predicted molar refractivity (Wildman–Crippen MR) is 86.5 cm³/mol. The van der Waals surface area contributed by atoms with Gasteiger partial charge in [-0.15, -0.1) is 10.2 Å². The zero-order valence-corrected chi connectivity index (χ0v) is 13.6. The molecule has 1 aromatic heterocycles. The fraction of sp³-hybridized carbons (Fsp3) is 0.357. The Morgan fingerprint density at radius 3 is 2.81 bits per heavy atom. The summed E-state index contributed by atoms with van der Waals surface area (Å²) in [5.41, 5.74) is 1.88. The van der Waals surface area contributed by atoms with E-state index in [4.69, 9.17) is 4.74 Å². The van der Waals surface area contributed by atoms with Crippen LogP contribution in [0.1, 0.15) is 15.9 Å². The average molecular weight is 323 g/mol. The highest BCUT2D eigenvalue weighted by molar-refractivity contribution is 8.01. The molecule has 0 spiro atoms. The van der Waals surface area contributed by atoms with Gasteiger partial charge in [-0.05, 0) is 6.92 Å². The third-order valence-corrected chi connectivity index (χ3v) is 4.70. The highest BCUT2D eigenvalue weighted by Crippen LogP contribution is 2.26. The first kappa shape index (κ1) is 15.9. The molecule has 0 aliphatic carbocycles. The monoisotopic (exact) mass is 323 g/mol. The number of aryl methyl sites for hydroxylation is 1. The third kappa shape index (κ3) is 5.11. The minimum Gasteiger partial charge on any atom is -0.383 e. The number of hydrogen-bond acceptors (Lipinski definition) is 7. The predicted octanol–water partition coefficient (Wildman–Crippen LogP) is 2.88. The number of ketones is 1. The molecule has 1 heterocycles. The van der Waals surface area contributed by atoms with Gasteiger partial charge in [0, 0.05) is 19.2 Å². The molecule has 21 heavy (non-hydrogen) atoms. The molecule has 0 saturated heterocycles. The van der Waals surface area contributed by atoms with E-state index in [9.17, 15) is 4.79 Å². The van der Waals surface area contributed by atoms with E-state index in [0.29, 0.717) is 18.9 Å². The molecule has 2 rings (SSSR count). The lowest BCUT2D eigenvalue weighted by molar-refractivity contribution is 0.102. The average Bonchev–Trinajstić information content (AvgIpc) is 2.94. The summed E-state index contributed by atoms with van der Waals surface area (Å²) in [6, 6.07) is 7.60. The number of anilines is 1. The van der Waals surface area contributed by atoms with E-state index in [2.05, 4.69) is 15.5 Å². The number of methoxy groups -OCH3 is 1. The molecule has 0 aliphatic heterocycles. The standard InChI is InChI=1S/C14H17N3O2S2/c1-10-3-5-11(6-4-10)12(18)9-20-14-17-16-13(21-14)15-7-8-19-2/h3-6H,7-9H2,1-2H3,(H,15,16). The zero-order valence-electron chi connectivity index (χ0n) is 12.0. The molecule has 0 amide bonds. The molecule has 0 bridgehead atoms. The van der Waals surface area contributed by atoms with Crippen LogP contribution in [0.3, 0.4) is 0 Å². The minimum atomic E-state index is 0.101. The molecule has 7 heteroatoms. The molecule has 1 aromatic carbocycles. The SMILES string of the molecule is COCCNc1nnc(SCC(=O)c2ccc(C)cc2)s1. The Hall–Kier alpha value is -1.44. The quantitative estimate of drug-likeness (QED) is 0.458. The number of rotatable bonds is 8. The highest BCUT2D eigenvalue weighted by atomic mass is 32.2. The molecule has 1 N–H and O–H groups in total. The molecular weight excluding hydrogens is 306 g/mol. The van der Waals surface area contributed by atoms with E-state index in [-0.39, 0.29) is 5.78 Å². The third-order valence-electron chi connectivity index (χ3n) is 2.69. The number of thioether (sulfide) groups is 1. The van der Waals surface area contributed by atoms with Crippen LogP contribution >= 0.6 is 23.1 Å². The van der Waals surface area contributed by atoms with Crippen molar-refractivity contribution in [2.24, 2.45) is 0 Å². The van der Waals surface area contributed by atoms with Gasteiger partial charge >= 0.3 is 0 Å². The van der Waals surface area contributed by atoms with Gasteiger partial charge in [0.05, 0.1) is 12.4 Å². The van der Waals surface area contributed by atoms with Gasteiger partial charge in [-0.25, -0.2) is 0 Å². The van der Waals surface area contributed by atoms with Crippen LogP contribution in [0.5, 0.6) is 0 Å². The number of Topliss-reactive ketones (excluding diaryl/α,β-unsaturated/α-hetero) is 1. The van der Waals surface area contributed by atoms with Crippen LogP contribution in [0, 0.1) is 6.92 Å². The van der Waals surface area contributed by atoms with Crippen LogP contribution in [0.4, 0.5) is 5.13 Å². The lowest BCUT2D eigenvalue weighted by Crippen LogP contribution is -2.06. The number of benzene rings is 1. The van der Waals surface area contributed by atoms with Crippen LogP contribution in [-0.2, 0) is 4.74 Å². The summed E-state index contributed by atoms with van der Waals surface area (Å²) >= 11 is 2.86. The molecule has 112 valence electrons. The van der Waals surface area contributed by atoms with Crippen LogP contribution in [0.2, 0.25) is 0 Å². The van der Waals surface area contributed by atoms with Gasteiger partial charge in [0.2, 0.25) is 5.13 Å². The number of carbonyl (C=O) groups is 1. The van der Waals surface area contributed by atoms with Gasteiger partial charge < -0.3 is 10.1 Å². The molecule has 0 atom stereocenters. The summed E-state index contributed by atoms with van der Waals surface area (Å²) < 4.78 is 5.74. The first-order valence-corrected chi connectivity index (χ1v) is 8.28. The van der Waals surface area contributed by atoms with Crippen LogP contribution in [0.25, 0.3) is 0 Å². The van der Waals surface area contributed by atoms with Crippen molar-refractivity contribution in [3.8, 4) is 0 Å². The maximum atomic E-state index is 12.1. The van der Waals surface area contributed by atoms with E-state index in [1.807, 2.05) is 31.2 Å². The summed E-state index contributed by atoms with van der Waals surface area (Å²) in [4.78, 5) is 12.1. The molecule has 0 fully saturated rings. The van der Waals surface area contributed by atoms with E-state index in [1.54, 1.807) is 7.11 Å². The minimum absolute atomic E-state index is 0.101. The number of nitrogens with zero attached hydrogens (tertiary/aromatic N) is 2. The van der Waals surface area contributed by atoms with E-state index >= 15 is 0 Å². The second-order valence-electron chi connectivity index (χ2n) is 4.37. The summed E-state index contributed by atoms with van der Waals surface area (Å²) in [5.74, 6) is 0.472. The second kappa shape index (κ2) is 8.11. The molecule has 2 aromatic rings. The van der Waals surface area contributed by atoms with E-state index < -0.39 is 0 Å². The van der Waals surface area contributed by atoms with Crippen molar-refractivity contribution >= 4 is 34.0 Å². The molecule has 0 saturated carbocycles. The van der Waals surface area contributed by atoms with Gasteiger partial charge in [-0.2, -0.15) is 0 Å². The fourth-order valence-electron chi connectivity index (χ4n) is 1.55. The Labute approximate surface area is 132 Å². The van der Waals surface area contributed by atoms with E-state index in [1.165, 1.54) is 23.1 Å². The first-order chi connectivity index (χ1) is 10.2. The largest absolute Gasteiger partial charge is 0.383 e. The number of nitrogens with one attached hydrogen (secondary N) is 1. The normalized spacial score (nSPS) is 10.6. The van der Waals surface area contributed by atoms with Crippen molar-refractivity contribution in [1.29, 1.82) is 0 Å². The Kier molecular flexibility index (Phi) is 6.16. The lowest BCUT2D eigenvalue weighted by Gasteiger charge is -2.00. The van der Waals surface area contributed by atoms with Crippen LogP contribution < -0.4 is 5.32 Å². The Morgan fingerprint density at radius 2 is 2.10 bits per heavy atom. The van der Waals surface area contributed by atoms with Crippen molar-refractivity contribution in [2.75, 3.05) is 31.3 Å². The Bertz CT molecular complexity index is 584. The van der Waals surface area contributed by atoms with Crippen molar-refractivity contribution < 1.29 is 9.53 Å². The Morgan fingerprint density at radius 1 is 1.33 bits per heavy atom. The molecular formula is C14H17N3O2S2. The van der Waals surface area contributed by atoms with Gasteiger partial charge in [-0.1, -0.05) is 52.9 Å². The zero-order chi connectivity index (χ0) is 15.1.